The molecule has 94 valence electrons. The molecule has 1 aliphatic rings. The summed E-state index contributed by atoms with van der Waals surface area (Å²) in [6, 6.07) is 11.1. The molecule has 17 heavy (non-hydrogen) atoms. The Bertz CT molecular complexity index is 354. The molecule has 2 N–H and O–H groups in total. The Morgan fingerprint density at radius 1 is 1.35 bits per heavy atom. The summed E-state index contributed by atoms with van der Waals surface area (Å²) in [7, 11) is 2.19. The van der Waals surface area contributed by atoms with Gasteiger partial charge in [-0.3, -0.25) is 0 Å². The van der Waals surface area contributed by atoms with Gasteiger partial charge in [0.05, 0.1) is 5.54 Å². The predicted octanol–water partition coefficient (Wildman–Crippen LogP) is 2.59. The summed E-state index contributed by atoms with van der Waals surface area (Å²) in [5.74, 6) is 0.895. The van der Waals surface area contributed by atoms with E-state index in [0.717, 1.165) is 12.5 Å². The van der Waals surface area contributed by atoms with Crippen molar-refractivity contribution in [3.63, 3.8) is 0 Å². The zero-order valence-electron chi connectivity index (χ0n) is 11.2. The van der Waals surface area contributed by atoms with Gasteiger partial charge in [-0.2, -0.15) is 0 Å². The zero-order valence-corrected chi connectivity index (χ0v) is 11.2. The van der Waals surface area contributed by atoms with Gasteiger partial charge in [0, 0.05) is 12.6 Å². The van der Waals surface area contributed by atoms with Gasteiger partial charge in [0.2, 0.25) is 0 Å². The molecule has 0 radical (unpaired) electrons. The van der Waals surface area contributed by atoms with Gasteiger partial charge < -0.3 is 10.6 Å². The number of nitrogens with zero attached hydrogens (tertiary/aromatic N) is 1. The lowest BCUT2D eigenvalue weighted by Crippen LogP contribution is -2.47. The number of hydrogen-bond acceptors (Lipinski definition) is 2. The lowest BCUT2D eigenvalue weighted by Gasteiger charge is -2.34. The molecule has 2 atom stereocenters. The molecule has 2 rings (SSSR count). The highest BCUT2D eigenvalue weighted by atomic mass is 15.2. The van der Waals surface area contributed by atoms with Crippen molar-refractivity contribution in [3.8, 4) is 0 Å². The SMILES string of the molecule is CC(C1CC1)N(C)CC(C)(N)c1ccccc1. The van der Waals surface area contributed by atoms with E-state index in [0.29, 0.717) is 6.04 Å². The van der Waals surface area contributed by atoms with Gasteiger partial charge in [-0.1, -0.05) is 30.3 Å². The fourth-order valence-corrected chi connectivity index (χ4v) is 2.51. The van der Waals surface area contributed by atoms with Crippen LogP contribution in [0.4, 0.5) is 0 Å². The van der Waals surface area contributed by atoms with Crippen molar-refractivity contribution < 1.29 is 0 Å². The lowest BCUT2D eigenvalue weighted by molar-refractivity contribution is 0.189. The average Bonchev–Trinajstić information content (AvgIpc) is 3.12. The Morgan fingerprint density at radius 3 is 2.47 bits per heavy atom. The lowest BCUT2D eigenvalue weighted by atomic mass is 9.92. The third-order valence-corrected chi connectivity index (χ3v) is 4.01. The molecule has 1 aromatic carbocycles. The molecule has 1 fully saturated rings. The van der Waals surface area contributed by atoms with Gasteiger partial charge in [0.25, 0.3) is 0 Å². The monoisotopic (exact) mass is 232 g/mol. The van der Waals surface area contributed by atoms with Crippen LogP contribution in [0.15, 0.2) is 30.3 Å². The van der Waals surface area contributed by atoms with Crippen LogP contribution in [0.25, 0.3) is 0 Å². The number of rotatable bonds is 5. The minimum atomic E-state index is -0.265. The Hall–Kier alpha value is -0.860. The fourth-order valence-electron chi connectivity index (χ4n) is 2.51. The molecule has 0 saturated heterocycles. The summed E-state index contributed by atoms with van der Waals surface area (Å²) in [5.41, 5.74) is 7.41. The van der Waals surface area contributed by atoms with Crippen LogP contribution in [0.2, 0.25) is 0 Å². The minimum Gasteiger partial charge on any atom is -0.321 e. The third kappa shape index (κ3) is 3.08. The molecule has 0 spiro atoms. The van der Waals surface area contributed by atoms with Crippen molar-refractivity contribution in [3.05, 3.63) is 35.9 Å². The number of nitrogens with two attached hydrogens (primary N) is 1. The summed E-state index contributed by atoms with van der Waals surface area (Å²) in [6.45, 7) is 5.35. The zero-order chi connectivity index (χ0) is 12.5. The molecule has 1 aromatic rings. The first-order valence-corrected chi connectivity index (χ1v) is 6.55. The summed E-state index contributed by atoms with van der Waals surface area (Å²) >= 11 is 0. The maximum absolute atomic E-state index is 6.46. The van der Waals surface area contributed by atoms with E-state index in [4.69, 9.17) is 5.73 Å². The van der Waals surface area contributed by atoms with Gasteiger partial charge in [0.15, 0.2) is 0 Å². The highest BCUT2D eigenvalue weighted by molar-refractivity contribution is 5.23. The van der Waals surface area contributed by atoms with E-state index in [-0.39, 0.29) is 5.54 Å². The van der Waals surface area contributed by atoms with Gasteiger partial charge in [-0.05, 0) is 45.2 Å². The molecular weight excluding hydrogens is 208 g/mol. The molecule has 0 bridgehead atoms. The van der Waals surface area contributed by atoms with Gasteiger partial charge >= 0.3 is 0 Å². The first-order chi connectivity index (χ1) is 8.00. The van der Waals surface area contributed by atoms with Gasteiger partial charge in [-0.25, -0.2) is 0 Å². The van der Waals surface area contributed by atoms with E-state index in [1.807, 2.05) is 6.07 Å². The van der Waals surface area contributed by atoms with Crippen LogP contribution in [0.1, 0.15) is 32.3 Å². The van der Waals surface area contributed by atoms with Crippen LogP contribution in [0.3, 0.4) is 0 Å². The highest BCUT2D eigenvalue weighted by Gasteiger charge is 2.33. The molecule has 2 unspecified atom stereocenters. The van der Waals surface area contributed by atoms with Gasteiger partial charge in [0.1, 0.15) is 0 Å². The van der Waals surface area contributed by atoms with Gasteiger partial charge in [-0.15, -0.1) is 0 Å². The molecule has 2 nitrogen and oxygen atoms in total. The Balaban J connectivity index is 2.01. The molecule has 2 heteroatoms. The van der Waals surface area contributed by atoms with Crippen molar-refractivity contribution in [2.24, 2.45) is 11.7 Å². The standard InChI is InChI=1S/C15H24N2/c1-12(13-9-10-13)17(3)11-15(2,16)14-7-5-4-6-8-14/h4-8,12-13H,9-11,16H2,1-3H3. The Labute approximate surface area is 105 Å². The van der Waals surface area contributed by atoms with E-state index < -0.39 is 0 Å². The smallest absolute Gasteiger partial charge is 0.0509 e. The van der Waals surface area contributed by atoms with E-state index in [9.17, 15) is 0 Å². The molecule has 1 aliphatic carbocycles. The van der Waals surface area contributed by atoms with E-state index in [1.54, 1.807) is 0 Å². The minimum absolute atomic E-state index is 0.265. The maximum atomic E-state index is 6.46. The van der Waals surface area contributed by atoms with E-state index >= 15 is 0 Å². The number of likely N-dealkylation sites (N-methyl/N-ethyl adjacent to an activating group) is 1. The second-order valence-corrected chi connectivity index (χ2v) is 5.78. The van der Waals surface area contributed by atoms with Crippen LogP contribution in [-0.4, -0.2) is 24.5 Å². The second kappa shape index (κ2) is 4.79. The topological polar surface area (TPSA) is 29.3 Å². The molecule has 1 saturated carbocycles. The molecule has 0 amide bonds. The van der Waals surface area contributed by atoms with Crippen LogP contribution >= 0.6 is 0 Å². The van der Waals surface area contributed by atoms with Crippen LogP contribution in [0, 0.1) is 5.92 Å². The van der Waals surface area contributed by atoms with E-state index in [2.05, 4.69) is 50.1 Å². The Morgan fingerprint density at radius 2 is 1.94 bits per heavy atom. The first-order valence-electron chi connectivity index (χ1n) is 6.55. The summed E-state index contributed by atoms with van der Waals surface area (Å²) in [5, 5.41) is 0. The number of benzene rings is 1. The van der Waals surface area contributed by atoms with E-state index in [1.165, 1.54) is 18.4 Å². The molecular formula is C15H24N2. The molecule has 0 heterocycles. The average molecular weight is 232 g/mol. The fraction of sp³-hybridized carbons (Fsp3) is 0.600. The Kier molecular flexibility index (Phi) is 3.55. The normalized spacial score (nSPS) is 21.2. The quantitative estimate of drug-likeness (QED) is 0.845. The van der Waals surface area contributed by atoms with Crippen molar-refractivity contribution in [2.45, 2.75) is 38.3 Å². The maximum Gasteiger partial charge on any atom is 0.0509 e. The predicted molar refractivity (Wildman–Crippen MR) is 72.8 cm³/mol. The summed E-state index contributed by atoms with van der Waals surface area (Å²) in [4.78, 5) is 2.41. The van der Waals surface area contributed by atoms with Crippen LogP contribution in [0.5, 0.6) is 0 Å². The van der Waals surface area contributed by atoms with Crippen LogP contribution in [-0.2, 0) is 5.54 Å². The van der Waals surface area contributed by atoms with Crippen LogP contribution < -0.4 is 5.73 Å². The first kappa shape index (κ1) is 12.6. The third-order valence-electron chi connectivity index (χ3n) is 4.01. The summed E-state index contributed by atoms with van der Waals surface area (Å²) < 4.78 is 0. The largest absolute Gasteiger partial charge is 0.321 e. The van der Waals surface area contributed by atoms with Crippen molar-refractivity contribution in [1.29, 1.82) is 0 Å². The van der Waals surface area contributed by atoms with Crippen molar-refractivity contribution in [2.75, 3.05) is 13.6 Å². The molecule has 0 aliphatic heterocycles. The highest BCUT2D eigenvalue weighted by Crippen LogP contribution is 2.35. The van der Waals surface area contributed by atoms with Crippen molar-refractivity contribution >= 4 is 0 Å². The number of hydrogen-bond donors (Lipinski definition) is 1. The second-order valence-electron chi connectivity index (χ2n) is 5.78. The molecule has 0 aromatic heterocycles. The van der Waals surface area contributed by atoms with Crippen molar-refractivity contribution in [1.82, 2.24) is 4.90 Å². The summed E-state index contributed by atoms with van der Waals surface area (Å²) in [6.07, 6.45) is 2.77.